The van der Waals surface area contributed by atoms with Gasteiger partial charge < -0.3 is 50.4 Å². The lowest BCUT2D eigenvalue weighted by atomic mass is 9.90. The summed E-state index contributed by atoms with van der Waals surface area (Å²) in [5.74, 6) is -6.17. The van der Waals surface area contributed by atoms with E-state index in [0.717, 1.165) is 16.0 Å². The van der Waals surface area contributed by atoms with Gasteiger partial charge in [-0.2, -0.15) is 0 Å². The molecule has 18 nitrogen and oxygen atoms in total. The van der Waals surface area contributed by atoms with Crippen LogP contribution >= 0.6 is 0 Å². The van der Waals surface area contributed by atoms with Crippen molar-refractivity contribution >= 4 is 47.6 Å². The molecule has 2 aromatic rings. The zero-order chi connectivity index (χ0) is 53.1. The van der Waals surface area contributed by atoms with E-state index in [1.54, 1.807) is 70.2 Å². The predicted octanol–water partition coefficient (Wildman–Crippen LogP) is 4.92. The molecule has 2 aromatic carbocycles. The summed E-state index contributed by atoms with van der Waals surface area (Å²) in [6.07, 6.45) is 0.0495. The third-order valence-corrected chi connectivity index (χ3v) is 12.7. The van der Waals surface area contributed by atoms with Gasteiger partial charge in [0.05, 0.1) is 6.54 Å². The molecule has 5 N–H and O–H groups in total. The van der Waals surface area contributed by atoms with E-state index in [0.29, 0.717) is 18.4 Å². The Morgan fingerprint density at radius 1 is 0.873 bits per heavy atom. The van der Waals surface area contributed by atoms with Crippen molar-refractivity contribution in [1.29, 1.82) is 0 Å². The van der Waals surface area contributed by atoms with Gasteiger partial charge >= 0.3 is 18.0 Å². The average molecular weight is 989 g/mol. The Labute approximate surface area is 418 Å². The number of carbonyl (C=O) groups excluding carboxylic acids is 8. The maximum atomic E-state index is 14.3. The van der Waals surface area contributed by atoms with Gasteiger partial charge in [0.15, 0.2) is 6.10 Å². The van der Waals surface area contributed by atoms with Gasteiger partial charge in [0.1, 0.15) is 42.1 Å². The van der Waals surface area contributed by atoms with Gasteiger partial charge in [-0.05, 0) is 88.1 Å². The third-order valence-electron chi connectivity index (χ3n) is 12.7. The zero-order valence-corrected chi connectivity index (χ0v) is 43.4. The highest BCUT2D eigenvalue weighted by atomic mass is 16.6. The third kappa shape index (κ3) is 18.2. The Kier molecular flexibility index (Phi) is 23.3. The topological polar surface area (TPSA) is 239 Å². The number of amides is 6. The Hall–Kier alpha value is -6.72. The normalized spacial score (nSPS) is 25.7. The number of ether oxygens (including phenoxy) is 3. The second-order valence-corrected chi connectivity index (χ2v) is 18.9. The highest BCUT2D eigenvalue weighted by Crippen LogP contribution is 2.26. The Bertz CT molecular complexity index is 2210. The lowest BCUT2D eigenvalue weighted by Crippen LogP contribution is -2.57. The van der Waals surface area contributed by atoms with Crippen molar-refractivity contribution in [3.05, 3.63) is 89.0 Å². The number of likely N-dealkylation sites (N-methyl/N-ethyl adjacent to an activating group) is 2. The minimum Gasteiger partial charge on any atom is -0.508 e. The van der Waals surface area contributed by atoms with Gasteiger partial charge in [-0.15, -0.1) is 0 Å². The number of allylic oxidation sites excluding steroid dienone is 1. The zero-order valence-electron chi connectivity index (χ0n) is 43.4. The summed E-state index contributed by atoms with van der Waals surface area (Å²) in [7, 11) is 2.83. The largest absolute Gasteiger partial charge is 0.508 e. The van der Waals surface area contributed by atoms with E-state index in [4.69, 9.17) is 14.2 Å². The first-order valence-electron chi connectivity index (χ1n) is 24.4. The van der Waals surface area contributed by atoms with Gasteiger partial charge in [0, 0.05) is 45.0 Å². The Morgan fingerprint density at radius 2 is 1.51 bits per heavy atom. The second-order valence-electron chi connectivity index (χ2n) is 18.9. The van der Waals surface area contributed by atoms with E-state index in [1.807, 2.05) is 26.8 Å². The number of nitrogens with one attached hydrogen (secondary N) is 4. The predicted molar refractivity (Wildman–Crippen MR) is 267 cm³/mol. The van der Waals surface area contributed by atoms with Crippen LogP contribution in [0.3, 0.4) is 0 Å². The van der Waals surface area contributed by atoms with Crippen molar-refractivity contribution in [3.8, 4) is 5.75 Å². The molecule has 18 heteroatoms. The van der Waals surface area contributed by atoms with Crippen LogP contribution in [0.1, 0.15) is 99.6 Å². The summed E-state index contributed by atoms with van der Waals surface area (Å²) in [6, 6.07) is 10.8. The van der Waals surface area contributed by atoms with Gasteiger partial charge in [-0.3, -0.25) is 24.0 Å². The van der Waals surface area contributed by atoms with Gasteiger partial charge in [-0.1, -0.05) is 95.7 Å². The van der Waals surface area contributed by atoms with Crippen molar-refractivity contribution in [2.75, 3.05) is 27.2 Å². The number of nitrogens with zero attached hydrogens (tertiary/aromatic N) is 2. The van der Waals surface area contributed by atoms with E-state index >= 15 is 0 Å². The molecule has 390 valence electrons. The maximum Gasteiger partial charge on any atom is 0.407 e. The molecule has 71 heavy (non-hydrogen) atoms. The van der Waals surface area contributed by atoms with Crippen molar-refractivity contribution in [3.63, 3.8) is 0 Å². The summed E-state index contributed by atoms with van der Waals surface area (Å²) in [6.45, 7) is 16.5. The fourth-order valence-corrected chi connectivity index (χ4v) is 7.84. The van der Waals surface area contributed by atoms with Crippen LogP contribution in [0.25, 0.3) is 0 Å². The number of phenols is 1. The first-order chi connectivity index (χ1) is 33.5. The van der Waals surface area contributed by atoms with Crippen LogP contribution < -0.4 is 21.3 Å². The number of carbonyl (C=O) groups is 8. The van der Waals surface area contributed by atoms with Crippen molar-refractivity contribution in [2.45, 2.75) is 144 Å². The molecule has 0 bridgehead atoms. The summed E-state index contributed by atoms with van der Waals surface area (Å²) in [5, 5.41) is 20.5. The monoisotopic (exact) mass is 989 g/mol. The molecule has 1 aliphatic rings. The number of phenolic OH excluding ortho intramolecular Hbond substituents is 1. The Balaban J connectivity index is 2.09. The molecule has 3 rings (SSSR count). The standard InChI is InChI=1S/C53H76N6O12/c1-13-32(5)45-48(63)56-37(10)52(67)71-46(33(6)14-2)35(8)42(70-53(68)54-27-26-38-21-23-40(60)24-22-38)25-20-34(7)51(66)69-43(28-31(3)4)47(62)55-36(9)49(64)59(12)41(29-39-18-16-15-17-19-39)50(65)58(11)30-44(61)57-45/h14-24,31-32,35-37,41-43,45-46,60H,13,25-30H2,1-12H3,(H,54,68)(H,55,62)(H,56,63)(H,57,61)/b33-14+,34-20-/t32-,35+,36+,37-,41-,42+,43-,45+,46-/m1/s1. The first kappa shape index (κ1) is 58.6. The molecular formula is C53H76N6O12. The van der Waals surface area contributed by atoms with Crippen molar-refractivity contribution in [2.24, 2.45) is 17.8 Å². The number of rotatable bonds is 11. The van der Waals surface area contributed by atoms with E-state index in [2.05, 4.69) is 21.3 Å². The number of esters is 2. The second kappa shape index (κ2) is 28.2. The number of benzene rings is 2. The summed E-state index contributed by atoms with van der Waals surface area (Å²) >= 11 is 0. The van der Waals surface area contributed by atoms with E-state index in [9.17, 15) is 43.5 Å². The van der Waals surface area contributed by atoms with Gasteiger partial charge in [0.25, 0.3) is 5.91 Å². The molecule has 0 aromatic heterocycles. The fraction of sp³-hybridized carbons (Fsp3) is 0.547. The summed E-state index contributed by atoms with van der Waals surface area (Å²) in [4.78, 5) is 113. The fourth-order valence-electron chi connectivity index (χ4n) is 7.84. The van der Waals surface area contributed by atoms with E-state index in [1.165, 1.54) is 58.0 Å². The SMILES string of the molecule is C/C=C(\C)[C@H]1OC(=O)[C@@H](C)NC(=O)[C@H]([C@H](C)CC)NC(=O)CN(C)C(=O)[C@@H](Cc2ccccc2)N(C)C(=O)[C@H](C)NC(=O)[C@@H](CC(C)C)OC(=O)/C(C)=C\C[C@H](OC(=O)NCCc2ccc(O)cc2)[C@@H]1C. The van der Waals surface area contributed by atoms with Gasteiger partial charge in [0.2, 0.25) is 23.6 Å². The van der Waals surface area contributed by atoms with Crippen LogP contribution in [0.15, 0.2) is 77.9 Å². The van der Waals surface area contributed by atoms with E-state index in [-0.39, 0.29) is 43.0 Å². The molecule has 6 amide bonds. The highest BCUT2D eigenvalue weighted by molar-refractivity contribution is 5.96. The smallest absolute Gasteiger partial charge is 0.407 e. The van der Waals surface area contributed by atoms with Crippen LogP contribution in [-0.4, -0.2) is 132 Å². The molecule has 0 radical (unpaired) electrons. The molecule has 0 fully saturated rings. The van der Waals surface area contributed by atoms with Crippen LogP contribution in [0.4, 0.5) is 4.79 Å². The van der Waals surface area contributed by atoms with E-state index < -0.39 is 108 Å². The number of hydrogen-bond acceptors (Lipinski definition) is 12. The average Bonchev–Trinajstić information content (AvgIpc) is 3.33. The molecule has 9 atom stereocenters. The van der Waals surface area contributed by atoms with Crippen molar-refractivity contribution < 1.29 is 57.7 Å². The first-order valence-corrected chi connectivity index (χ1v) is 24.4. The van der Waals surface area contributed by atoms with Crippen LogP contribution in [-0.2, 0) is 60.6 Å². The molecule has 0 unspecified atom stereocenters. The molecule has 0 aliphatic carbocycles. The minimum absolute atomic E-state index is 0.0599. The van der Waals surface area contributed by atoms with Crippen LogP contribution in [0.2, 0.25) is 0 Å². The highest BCUT2D eigenvalue weighted by Gasteiger charge is 2.37. The van der Waals surface area contributed by atoms with Gasteiger partial charge in [-0.25, -0.2) is 14.4 Å². The molecular weight excluding hydrogens is 913 g/mol. The molecule has 0 saturated carbocycles. The number of alkyl carbamates (subject to hydrolysis) is 1. The molecule has 0 saturated heterocycles. The van der Waals surface area contributed by atoms with Crippen LogP contribution in [0.5, 0.6) is 5.75 Å². The minimum atomic E-state index is -1.33. The quantitative estimate of drug-likeness (QED) is 0.115. The number of aromatic hydroxyl groups is 1. The Morgan fingerprint density at radius 3 is 2.11 bits per heavy atom. The lowest BCUT2D eigenvalue weighted by Gasteiger charge is -2.33. The molecule has 0 spiro atoms. The maximum absolute atomic E-state index is 14.3. The van der Waals surface area contributed by atoms with Crippen molar-refractivity contribution in [1.82, 2.24) is 31.1 Å². The number of hydrogen-bond donors (Lipinski definition) is 5. The summed E-state index contributed by atoms with van der Waals surface area (Å²) in [5.41, 5.74) is 2.24. The molecule has 1 aliphatic heterocycles. The lowest BCUT2D eigenvalue weighted by molar-refractivity contribution is -0.155. The number of cyclic esters (lactones) is 2. The molecule has 1 heterocycles. The summed E-state index contributed by atoms with van der Waals surface area (Å²) < 4.78 is 17.9. The van der Waals surface area contributed by atoms with Crippen LogP contribution in [0, 0.1) is 17.8 Å².